The van der Waals surface area contributed by atoms with E-state index in [-0.39, 0.29) is 50.0 Å². The number of halogens is 11. The molecule has 0 aliphatic carbocycles. The smallest absolute Gasteiger partial charge is 0.444 e. The van der Waals surface area contributed by atoms with E-state index in [1.54, 1.807) is 68.4 Å². The van der Waals surface area contributed by atoms with Crippen molar-refractivity contribution in [1.29, 1.82) is 0 Å². The van der Waals surface area contributed by atoms with E-state index >= 15 is 0 Å². The Hall–Kier alpha value is -1.57. The minimum atomic E-state index is -4.64. The van der Waals surface area contributed by atoms with E-state index < -0.39 is 82.5 Å². The molecule has 6 heterocycles. The van der Waals surface area contributed by atoms with Gasteiger partial charge in [0.1, 0.15) is 27.8 Å². The monoisotopic (exact) mass is 1600 g/mol. The standard InChI is InChI=1S/C14H18Br2ClN3O4S2.C14H19BrClN3O4S2.C9H10Br2ClN3O2S2.C2HF3O.2CH4/c1-13(2,3)24-12(21)18-11-19-14(4,6-26(22,23)20(11)5)9-8(17)7(15)10(16)25-9;1-13(2,3)23-12(20)17-11-18-14(4,7-25(21,22)19(11)5)10-8(16)6-9(15)24-10;1-9(6-5(12)4(10)7(11)18-6)3-19(16,17)15(2)8(13)14-9;3-2(4,5)1-6;;/h6H2,1-5H3,(H,18,19,21);6H,7H2,1-5H3,(H,17,18,20);3H2,1-2H3,(H2,13,14);1H;2*1H4/t2*14-;9-;;;/m000.../s1. The van der Waals surface area contributed by atoms with Gasteiger partial charge in [-0.2, -0.15) is 13.2 Å². The summed E-state index contributed by atoms with van der Waals surface area (Å²) in [6, 6.07) is 1.69. The largest absolute Gasteiger partial charge is 0.446 e. The van der Waals surface area contributed by atoms with Crippen LogP contribution in [0.1, 0.15) is 91.8 Å². The highest BCUT2D eigenvalue weighted by Crippen LogP contribution is 2.50. The van der Waals surface area contributed by atoms with Crippen LogP contribution in [0.4, 0.5) is 22.8 Å². The number of nitrogens with one attached hydrogen (secondary N) is 2. The van der Waals surface area contributed by atoms with Crippen LogP contribution in [-0.2, 0) is 61.0 Å². The van der Waals surface area contributed by atoms with Gasteiger partial charge in [0.05, 0.1) is 67.3 Å². The first-order valence-electron chi connectivity index (χ1n) is 20.7. The maximum absolute atomic E-state index is 12.6. The van der Waals surface area contributed by atoms with Gasteiger partial charge in [0, 0.05) is 21.1 Å². The number of thiophene rings is 3. The van der Waals surface area contributed by atoms with Crippen molar-refractivity contribution >= 4 is 215 Å². The van der Waals surface area contributed by atoms with E-state index in [1.165, 1.54) is 55.2 Å². The summed E-state index contributed by atoms with van der Waals surface area (Å²) >= 11 is 39.5. The number of rotatable bonds is 3. The summed E-state index contributed by atoms with van der Waals surface area (Å²) < 4.78 is 123. The fourth-order valence-corrected chi connectivity index (χ4v) is 18.6. The molecule has 78 heavy (non-hydrogen) atoms. The number of carbonyl (C=O) groups excluding carboxylic acids is 3. The average molecular weight is 1610 g/mol. The number of guanidine groups is 3. The second kappa shape index (κ2) is 27.0. The third-order valence-electron chi connectivity index (χ3n) is 9.62. The van der Waals surface area contributed by atoms with E-state index in [4.69, 9.17) is 54.8 Å². The number of carbonyl (C=O) groups is 3. The molecule has 0 aromatic carbocycles. The number of alkyl halides is 3. The quantitative estimate of drug-likeness (QED) is 0.207. The van der Waals surface area contributed by atoms with Gasteiger partial charge < -0.3 is 15.2 Å². The summed E-state index contributed by atoms with van der Waals surface area (Å²) in [6.45, 7) is 15.3. The number of alkyl carbamates (subject to hydrolysis) is 2. The highest BCUT2D eigenvalue weighted by Gasteiger charge is 2.47. The molecule has 0 bridgehead atoms. The highest BCUT2D eigenvalue weighted by atomic mass is 79.9. The molecule has 0 fully saturated rings. The molecule has 3 atom stereocenters. The summed E-state index contributed by atoms with van der Waals surface area (Å²) in [6.07, 6.45) is -7.27. The predicted molar refractivity (Wildman–Crippen MR) is 324 cm³/mol. The fraction of sp³-hybridized carbons (Fsp3) is 0.561. The Kier molecular flexibility index (Phi) is 25.8. The molecule has 3 aromatic heterocycles. The Bertz CT molecular complexity index is 3190. The number of hydrogen-bond acceptors (Lipinski definition) is 18. The minimum absolute atomic E-state index is 0. The van der Waals surface area contributed by atoms with E-state index in [0.29, 0.717) is 38.6 Å². The lowest BCUT2D eigenvalue weighted by Crippen LogP contribution is -2.53. The van der Waals surface area contributed by atoms with Crippen molar-refractivity contribution in [2.24, 2.45) is 20.7 Å². The second-order valence-corrected chi connectivity index (χ2v) is 34.5. The zero-order valence-electron chi connectivity index (χ0n) is 41.6. The molecular weight excluding hydrogens is 1550 g/mol. The van der Waals surface area contributed by atoms with Crippen LogP contribution in [0.5, 0.6) is 0 Å². The Morgan fingerprint density at radius 2 is 0.962 bits per heavy atom. The number of nitrogens with two attached hydrogens (primary N) is 1. The molecule has 3 aliphatic rings. The molecule has 0 unspecified atom stereocenters. The van der Waals surface area contributed by atoms with Gasteiger partial charge in [-0.05, 0) is 148 Å². The van der Waals surface area contributed by atoms with Crippen LogP contribution in [0.2, 0.25) is 15.1 Å². The Balaban J connectivity index is 0.000000553. The molecule has 6 rings (SSSR count). The zero-order valence-corrected chi connectivity index (χ0v) is 56.7. The molecule has 0 radical (unpaired) electrons. The number of amides is 2. The fourth-order valence-electron chi connectivity index (χ4n) is 6.27. The number of aldehydes is 1. The first kappa shape index (κ1) is 74.4. The van der Waals surface area contributed by atoms with Gasteiger partial charge in [0.15, 0.2) is 0 Å². The normalized spacial score (nSPS) is 22.3. The van der Waals surface area contributed by atoms with Gasteiger partial charge in [-0.25, -0.2) is 62.7 Å². The molecule has 0 saturated heterocycles. The van der Waals surface area contributed by atoms with Gasteiger partial charge >= 0.3 is 18.4 Å². The van der Waals surface area contributed by atoms with Crippen molar-refractivity contribution in [2.75, 3.05) is 38.4 Å². The first-order valence-corrected chi connectivity index (χ1v) is 33.1. The van der Waals surface area contributed by atoms with Crippen molar-refractivity contribution in [2.45, 2.75) is 111 Å². The van der Waals surface area contributed by atoms with E-state index in [2.05, 4.69) is 105 Å². The SMILES string of the molecule is C.C.CN1C(N)=N[C@](C)(c2sc(Br)c(Br)c2Cl)CS1(=O)=O.CN1C(NC(=O)OC(C)(C)C)=N[C@](C)(c2sc(Br)c(Br)c2Cl)CS1(=O)=O.CN1C(NC(=O)OC(C)(C)C)=N[C@](C)(c2sc(Br)cc2Cl)CS1(=O)=O.O=CC(F)(F)F. The maximum Gasteiger partial charge on any atom is 0.446 e. The van der Waals surface area contributed by atoms with Crippen LogP contribution in [-0.4, -0.2) is 130 Å². The molecule has 20 nitrogen and oxygen atoms in total. The summed E-state index contributed by atoms with van der Waals surface area (Å²) in [5, 5.41) is 6.09. The average Bonchev–Trinajstić information content (AvgIpc) is 3.82. The van der Waals surface area contributed by atoms with E-state index in [9.17, 15) is 48.0 Å². The Morgan fingerprint density at radius 1 is 0.654 bits per heavy atom. The third-order valence-corrected chi connectivity index (χ3v) is 26.6. The minimum Gasteiger partial charge on any atom is -0.444 e. The number of ether oxygens (including phenoxy) is 2. The van der Waals surface area contributed by atoms with Crippen LogP contribution < -0.4 is 16.4 Å². The molecular formula is C41H56Br5Cl3F3N9O11S6. The van der Waals surface area contributed by atoms with Crippen LogP contribution in [0.15, 0.2) is 41.3 Å². The number of aliphatic imine (C=N–C) groups is 3. The van der Waals surface area contributed by atoms with Crippen LogP contribution in [0.3, 0.4) is 0 Å². The lowest BCUT2D eigenvalue weighted by atomic mass is 10.0. The van der Waals surface area contributed by atoms with Crippen molar-refractivity contribution in [1.82, 2.24) is 23.5 Å². The highest BCUT2D eigenvalue weighted by molar-refractivity contribution is 9.14. The summed E-state index contributed by atoms with van der Waals surface area (Å²) in [5.41, 5.74) is 0.984. The number of hydrogen-bond donors (Lipinski definition) is 3. The molecule has 0 saturated carbocycles. The molecule has 37 heteroatoms. The zero-order chi connectivity index (χ0) is 59.1. The number of sulfonamides is 3. The molecule has 4 N–H and O–H groups in total. The summed E-state index contributed by atoms with van der Waals surface area (Å²) in [4.78, 5) is 47.9. The summed E-state index contributed by atoms with van der Waals surface area (Å²) in [7, 11) is -6.88. The van der Waals surface area contributed by atoms with Crippen LogP contribution >= 0.6 is 148 Å². The van der Waals surface area contributed by atoms with Gasteiger partial charge in [0.25, 0.3) is 0 Å². The molecule has 2 amide bonds. The van der Waals surface area contributed by atoms with Gasteiger partial charge in [-0.15, -0.1) is 34.0 Å². The lowest BCUT2D eigenvalue weighted by Gasteiger charge is -2.35. The van der Waals surface area contributed by atoms with Gasteiger partial charge in [0.2, 0.25) is 54.2 Å². The summed E-state index contributed by atoms with van der Waals surface area (Å²) in [5.74, 6) is -0.979. The molecule has 3 aromatic rings. The van der Waals surface area contributed by atoms with E-state index in [1.807, 2.05) is 0 Å². The van der Waals surface area contributed by atoms with Crippen LogP contribution in [0.25, 0.3) is 0 Å². The molecule has 0 spiro atoms. The molecule has 3 aliphatic heterocycles. The van der Waals surface area contributed by atoms with Crippen molar-refractivity contribution in [3.8, 4) is 0 Å². The Morgan fingerprint density at radius 3 is 1.22 bits per heavy atom. The van der Waals surface area contributed by atoms with Crippen molar-refractivity contribution in [3.05, 3.63) is 56.1 Å². The first-order chi connectivity index (χ1) is 34.0. The topological polar surface area (TPSA) is 269 Å². The lowest BCUT2D eigenvalue weighted by molar-refractivity contribution is -0.156. The maximum atomic E-state index is 12.6. The number of nitrogens with zero attached hydrogens (tertiary/aromatic N) is 6. The Labute approximate surface area is 521 Å². The van der Waals surface area contributed by atoms with Gasteiger partial charge in [-0.1, -0.05) is 49.7 Å². The van der Waals surface area contributed by atoms with Gasteiger partial charge in [-0.3, -0.25) is 15.4 Å². The van der Waals surface area contributed by atoms with Crippen molar-refractivity contribution < 1.29 is 62.3 Å². The third kappa shape index (κ3) is 19.2. The second-order valence-electron chi connectivity index (χ2n) is 18.6. The van der Waals surface area contributed by atoms with Crippen LogP contribution in [0, 0.1) is 0 Å². The molecule has 444 valence electrons. The van der Waals surface area contributed by atoms with Crippen molar-refractivity contribution in [3.63, 3.8) is 0 Å². The van der Waals surface area contributed by atoms with E-state index in [0.717, 1.165) is 24.3 Å². The predicted octanol–water partition coefficient (Wildman–Crippen LogP) is 12.6.